The summed E-state index contributed by atoms with van der Waals surface area (Å²) in [6.45, 7) is -0.217. The van der Waals surface area contributed by atoms with E-state index in [1.807, 2.05) is 24.3 Å². The lowest BCUT2D eigenvalue weighted by Crippen LogP contribution is -2.37. The summed E-state index contributed by atoms with van der Waals surface area (Å²) in [5, 5.41) is 12.7. The van der Waals surface area contributed by atoms with Crippen molar-refractivity contribution in [2.45, 2.75) is 17.7 Å². The standard InChI is InChI=1S/C16H18N2O5S/c19-15(17-9-3-6-16(20)21)11-18-24(22,23)14-8-7-12-4-1-2-5-13(12)10-14/h1-2,4-5,7-8,10,18H,3,6,9,11H2,(H,17,19)(H,20,21). The monoisotopic (exact) mass is 350 g/mol. The van der Waals surface area contributed by atoms with Crippen LogP contribution in [0.25, 0.3) is 10.8 Å². The minimum atomic E-state index is -3.80. The van der Waals surface area contributed by atoms with E-state index in [0.717, 1.165) is 10.8 Å². The summed E-state index contributed by atoms with van der Waals surface area (Å²) in [4.78, 5) is 22.0. The number of carboxylic acids is 1. The van der Waals surface area contributed by atoms with Gasteiger partial charge in [0.15, 0.2) is 0 Å². The molecule has 0 aromatic heterocycles. The summed E-state index contributed by atoms with van der Waals surface area (Å²) in [7, 11) is -3.80. The Hall–Kier alpha value is -2.45. The zero-order valence-corrected chi connectivity index (χ0v) is 13.7. The lowest BCUT2D eigenvalue weighted by molar-refractivity contribution is -0.137. The van der Waals surface area contributed by atoms with Gasteiger partial charge in [0, 0.05) is 13.0 Å². The van der Waals surface area contributed by atoms with Crippen LogP contribution in [0.1, 0.15) is 12.8 Å². The number of sulfonamides is 1. The molecule has 7 nitrogen and oxygen atoms in total. The maximum atomic E-state index is 12.2. The molecule has 0 radical (unpaired) electrons. The number of carbonyl (C=O) groups excluding carboxylic acids is 1. The van der Waals surface area contributed by atoms with Crippen molar-refractivity contribution in [2.24, 2.45) is 0 Å². The molecule has 2 aromatic rings. The van der Waals surface area contributed by atoms with Crippen molar-refractivity contribution in [1.29, 1.82) is 0 Å². The number of rotatable bonds is 8. The molecular formula is C16H18N2O5S. The van der Waals surface area contributed by atoms with E-state index in [-0.39, 0.29) is 17.9 Å². The van der Waals surface area contributed by atoms with E-state index < -0.39 is 28.4 Å². The average Bonchev–Trinajstić information content (AvgIpc) is 2.56. The van der Waals surface area contributed by atoms with Gasteiger partial charge in [-0.2, -0.15) is 0 Å². The second kappa shape index (κ2) is 7.89. The maximum absolute atomic E-state index is 12.2. The smallest absolute Gasteiger partial charge is 0.303 e. The molecule has 3 N–H and O–H groups in total. The Labute approximate surface area is 139 Å². The number of hydrogen-bond acceptors (Lipinski definition) is 4. The highest BCUT2D eigenvalue weighted by atomic mass is 32.2. The van der Waals surface area contributed by atoms with E-state index >= 15 is 0 Å². The molecule has 24 heavy (non-hydrogen) atoms. The number of carbonyl (C=O) groups is 2. The lowest BCUT2D eigenvalue weighted by atomic mass is 10.1. The first kappa shape index (κ1) is 17.9. The minimum absolute atomic E-state index is 0.0525. The summed E-state index contributed by atoms with van der Waals surface area (Å²) in [5.41, 5.74) is 0. The first-order chi connectivity index (χ1) is 11.4. The van der Waals surface area contributed by atoms with Gasteiger partial charge in [0.2, 0.25) is 15.9 Å². The highest BCUT2D eigenvalue weighted by Gasteiger charge is 2.15. The maximum Gasteiger partial charge on any atom is 0.303 e. The van der Waals surface area contributed by atoms with E-state index in [1.165, 1.54) is 6.07 Å². The number of aliphatic carboxylic acids is 1. The van der Waals surface area contributed by atoms with Crippen LogP contribution in [0.2, 0.25) is 0 Å². The quantitative estimate of drug-likeness (QED) is 0.617. The van der Waals surface area contributed by atoms with Gasteiger partial charge in [0.05, 0.1) is 11.4 Å². The molecule has 0 aliphatic heterocycles. The van der Waals surface area contributed by atoms with E-state index in [0.29, 0.717) is 6.42 Å². The normalized spacial score (nSPS) is 11.3. The highest BCUT2D eigenvalue weighted by molar-refractivity contribution is 7.89. The molecule has 0 unspecified atom stereocenters. The van der Waals surface area contributed by atoms with E-state index in [1.54, 1.807) is 12.1 Å². The van der Waals surface area contributed by atoms with E-state index in [4.69, 9.17) is 5.11 Å². The molecule has 0 spiro atoms. The predicted molar refractivity (Wildman–Crippen MR) is 89.0 cm³/mol. The number of fused-ring (bicyclic) bond motifs is 1. The Bertz CT molecular complexity index is 848. The molecule has 0 heterocycles. The molecule has 128 valence electrons. The van der Waals surface area contributed by atoms with Crippen LogP contribution in [-0.4, -0.2) is 38.5 Å². The highest BCUT2D eigenvalue weighted by Crippen LogP contribution is 2.18. The molecular weight excluding hydrogens is 332 g/mol. The molecule has 0 atom stereocenters. The van der Waals surface area contributed by atoms with Crippen LogP contribution in [0.15, 0.2) is 47.4 Å². The fourth-order valence-electron chi connectivity index (χ4n) is 2.11. The number of nitrogens with one attached hydrogen (secondary N) is 2. The van der Waals surface area contributed by atoms with Gasteiger partial charge in [-0.15, -0.1) is 0 Å². The lowest BCUT2D eigenvalue weighted by Gasteiger charge is -2.08. The van der Waals surface area contributed by atoms with Gasteiger partial charge in [-0.05, 0) is 29.3 Å². The molecule has 0 fully saturated rings. The van der Waals surface area contributed by atoms with Crippen LogP contribution in [0, 0.1) is 0 Å². The van der Waals surface area contributed by atoms with Gasteiger partial charge < -0.3 is 10.4 Å². The van der Waals surface area contributed by atoms with E-state index in [9.17, 15) is 18.0 Å². The number of hydrogen-bond donors (Lipinski definition) is 3. The first-order valence-electron chi connectivity index (χ1n) is 7.35. The third kappa shape index (κ3) is 5.04. The van der Waals surface area contributed by atoms with Crippen LogP contribution < -0.4 is 10.0 Å². The molecule has 8 heteroatoms. The fraction of sp³-hybridized carbons (Fsp3) is 0.250. The van der Waals surface area contributed by atoms with Crippen molar-refractivity contribution in [3.05, 3.63) is 42.5 Å². The minimum Gasteiger partial charge on any atom is -0.481 e. The number of carboxylic acid groups (broad SMARTS) is 1. The van der Waals surface area contributed by atoms with Crippen molar-refractivity contribution in [2.75, 3.05) is 13.1 Å². The Morgan fingerprint density at radius 1 is 1.04 bits per heavy atom. The molecule has 2 aromatic carbocycles. The van der Waals surface area contributed by atoms with Crippen LogP contribution in [-0.2, 0) is 19.6 Å². The van der Waals surface area contributed by atoms with Crippen molar-refractivity contribution < 1.29 is 23.1 Å². The van der Waals surface area contributed by atoms with Crippen molar-refractivity contribution >= 4 is 32.7 Å². The average molecular weight is 350 g/mol. The molecule has 0 aliphatic rings. The van der Waals surface area contributed by atoms with Gasteiger partial charge >= 0.3 is 5.97 Å². The van der Waals surface area contributed by atoms with Crippen molar-refractivity contribution in [3.63, 3.8) is 0 Å². The summed E-state index contributed by atoms with van der Waals surface area (Å²) >= 11 is 0. The second-order valence-corrected chi connectivity index (χ2v) is 6.95. The largest absolute Gasteiger partial charge is 0.481 e. The SMILES string of the molecule is O=C(O)CCCNC(=O)CNS(=O)(=O)c1ccc2ccccc2c1. The third-order valence-electron chi connectivity index (χ3n) is 3.34. The van der Waals surface area contributed by atoms with Gasteiger partial charge in [0.1, 0.15) is 0 Å². The second-order valence-electron chi connectivity index (χ2n) is 5.18. The van der Waals surface area contributed by atoms with E-state index in [2.05, 4.69) is 10.0 Å². The zero-order chi connectivity index (χ0) is 17.6. The topological polar surface area (TPSA) is 113 Å². The Kier molecular flexibility index (Phi) is 5.88. The Balaban J connectivity index is 1.92. The Morgan fingerprint density at radius 3 is 2.46 bits per heavy atom. The summed E-state index contributed by atoms with van der Waals surface area (Å²) in [6.07, 6.45) is 0.238. The van der Waals surface area contributed by atoms with Crippen LogP contribution >= 0.6 is 0 Å². The number of amides is 1. The number of benzene rings is 2. The fourth-order valence-corrected chi connectivity index (χ4v) is 3.13. The predicted octanol–water partition coefficient (Wildman–Crippen LogP) is 1.10. The summed E-state index contributed by atoms with van der Waals surface area (Å²) in [6, 6.07) is 12.1. The van der Waals surface area contributed by atoms with Crippen LogP contribution in [0.3, 0.4) is 0 Å². The molecule has 1 amide bonds. The van der Waals surface area contributed by atoms with Gasteiger partial charge in [-0.1, -0.05) is 30.3 Å². The third-order valence-corrected chi connectivity index (χ3v) is 4.74. The summed E-state index contributed by atoms with van der Waals surface area (Å²) in [5.74, 6) is -1.45. The van der Waals surface area contributed by atoms with Crippen molar-refractivity contribution in [3.8, 4) is 0 Å². The summed E-state index contributed by atoms with van der Waals surface area (Å²) < 4.78 is 26.7. The van der Waals surface area contributed by atoms with Crippen LogP contribution in [0.4, 0.5) is 0 Å². The Morgan fingerprint density at radius 2 is 1.75 bits per heavy atom. The molecule has 0 bridgehead atoms. The molecule has 0 aliphatic carbocycles. The van der Waals surface area contributed by atoms with Gasteiger partial charge in [-0.3, -0.25) is 9.59 Å². The zero-order valence-electron chi connectivity index (χ0n) is 12.9. The van der Waals surface area contributed by atoms with Gasteiger partial charge in [-0.25, -0.2) is 13.1 Å². The molecule has 0 saturated heterocycles. The molecule has 2 rings (SSSR count). The van der Waals surface area contributed by atoms with Crippen molar-refractivity contribution in [1.82, 2.24) is 10.0 Å². The first-order valence-corrected chi connectivity index (χ1v) is 8.84. The molecule has 0 saturated carbocycles. The van der Waals surface area contributed by atoms with Gasteiger partial charge in [0.25, 0.3) is 0 Å². The van der Waals surface area contributed by atoms with Crippen LogP contribution in [0.5, 0.6) is 0 Å².